The Bertz CT molecular complexity index is 996. The van der Waals surface area contributed by atoms with Crippen molar-refractivity contribution in [2.75, 3.05) is 0 Å². The summed E-state index contributed by atoms with van der Waals surface area (Å²) in [7, 11) is 0. The van der Waals surface area contributed by atoms with Crippen molar-refractivity contribution in [2.45, 2.75) is 63.8 Å². The summed E-state index contributed by atoms with van der Waals surface area (Å²) in [5.74, 6) is 0.869. The maximum atomic E-state index is 13.7. The van der Waals surface area contributed by atoms with Crippen molar-refractivity contribution < 1.29 is 0 Å². The third-order valence-electron chi connectivity index (χ3n) is 5.99. The van der Waals surface area contributed by atoms with Crippen LogP contribution in [0.5, 0.6) is 0 Å². The Morgan fingerprint density at radius 3 is 2.54 bits per heavy atom. The van der Waals surface area contributed by atoms with Gasteiger partial charge in [0.15, 0.2) is 0 Å². The van der Waals surface area contributed by atoms with Crippen LogP contribution in [0.2, 0.25) is 0 Å². The molecule has 0 amide bonds. The molecule has 0 atom stereocenters. The van der Waals surface area contributed by atoms with Gasteiger partial charge in [0.05, 0.1) is 5.39 Å². The van der Waals surface area contributed by atoms with Gasteiger partial charge in [0.1, 0.15) is 10.7 Å². The minimum Gasteiger partial charge on any atom is -0.289 e. The van der Waals surface area contributed by atoms with E-state index in [4.69, 9.17) is 4.98 Å². The topological polar surface area (TPSA) is 34.9 Å². The number of fused-ring (bicyclic) bond motifs is 3. The van der Waals surface area contributed by atoms with Gasteiger partial charge in [-0.15, -0.1) is 11.3 Å². The Kier molecular flexibility index (Phi) is 4.16. The smallest absolute Gasteiger partial charge is 0.263 e. The number of aryl methyl sites for hydroxylation is 2. The second kappa shape index (κ2) is 6.66. The Morgan fingerprint density at radius 2 is 1.73 bits per heavy atom. The summed E-state index contributed by atoms with van der Waals surface area (Å²) >= 11 is 1.75. The summed E-state index contributed by atoms with van der Waals surface area (Å²) in [6.45, 7) is 0. The second-order valence-electron chi connectivity index (χ2n) is 7.66. The molecule has 3 nitrogen and oxygen atoms in total. The monoisotopic (exact) mass is 364 g/mol. The molecule has 1 fully saturated rings. The van der Waals surface area contributed by atoms with Crippen LogP contribution in [-0.2, 0) is 12.8 Å². The molecule has 0 N–H and O–H groups in total. The highest BCUT2D eigenvalue weighted by molar-refractivity contribution is 7.18. The molecule has 2 aromatic heterocycles. The summed E-state index contributed by atoms with van der Waals surface area (Å²) in [4.78, 5) is 21.1. The Labute approximate surface area is 157 Å². The molecular weight excluding hydrogens is 340 g/mol. The largest absolute Gasteiger partial charge is 0.289 e. The van der Waals surface area contributed by atoms with Crippen molar-refractivity contribution in [3.8, 4) is 11.4 Å². The molecule has 4 heteroatoms. The van der Waals surface area contributed by atoms with E-state index < -0.39 is 0 Å². The molecule has 5 rings (SSSR count). The van der Waals surface area contributed by atoms with Crippen LogP contribution in [0.1, 0.15) is 61.4 Å². The van der Waals surface area contributed by atoms with Crippen molar-refractivity contribution in [1.82, 2.24) is 9.55 Å². The molecule has 3 aromatic rings. The quantitative estimate of drug-likeness (QED) is 0.601. The number of benzene rings is 1. The van der Waals surface area contributed by atoms with Gasteiger partial charge in [-0.1, -0.05) is 49.6 Å². The fourth-order valence-electron chi connectivity index (χ4n) is 4.69. The summed E-state index contributed by atoms with van der Waals surface area (Å²) in [6, 6.07) is 10.6. The van der Waals surface area contributed by atoms with Gasteiger partial charge in [0.2, 0.25) is 0 Å². The van der Waals surface area contributed by atoms with Crippen LogP contribution in [0.25, 0.3) is 21.6 Å². The summed E-state index contributed by atoms with van der Waals surface area (Å²) in [6.07, 6.45) is 10.5. The number of aromatic nitrogens is 2. The third-order valence-corrected chi connectivity index (χ3v) is 7.18. The van der Waals surface area contributed by atoms with Crippen molar-refractivity contribution in [3.05, 3.63) is 51.1 Å². The number of hydrogen-bond acceptors (Lipinski definition) is 3. The van der Waals surface area contributed by atoms with Gasteiger partial charge in [0, 0.05) is 16.5 Å². The Morgan fingerprint density at radius 1 is 0.962 bits per heavy atom. The zero-order valence-corrected chi connectivity index (χ0v) is 15.9. The maximum Gasteiger partial charge on any atom is 0.263 e. The number of thiophene rings is 1. The highest BCUT2D eigenvalue weighted by Crippen LogP contribution is 2.37. The fourth-order valence-corrected chi connectivity index (χ4v) is 5.94. The first-order valence-corrected chi connectivity index (χ1v) is 10.8. The standard InChI is InChI=1S/C22H24N2OS/c25-22-19-17-13-7-8-14-18(17)26-21(19)23-20(15-9-3-1-4-10-15)24(22)16-11-5-2-6-12-16/h1,3-4,9-10,16H,2,5-8,11-14H2. The van der Waals surface area contributed by atoms with Crippen LogP contribution >= 0.6 is 11.3 Å². The van der Waals surface area contributed by atoms with Gasteiger partial charge >= 0.3 is 0 Å². The zero-order chi connectivity index (χ0) is 17.5. The molecular formula is C22H24N2OS. The van der Waals surface area contributed by atoms with Gasteiger partial charge in [0.25, 0.3) is 5.56 Å². The molecule has 1 saturated carbocycles. The molecule has 2 heterocycles. The second-order valence-corrected chi connectivity index (χ2v) is 8.74. The molecule has 134 valence electrons. The van der Waals surface area contributed by atoms with Crippen LogP contribution < -0.4 is 5.56 Å². The lowest BCUT2D eigenvalue weighted by Crippen LogP contribution is -2.29. The molecule has 0 bridgehead atoms. The van der Waals surface area contributed by atoms with E-state index >= 15 is 0 Å². The van der Waals surface area contributed by atoms with Gasteiger partial charge in [-0.05, 0) is 44.1 Å². The highest BCUT2D eigenvalue weighted by atomic mass is 32.1. The van der Waals surface area contributed by atoms with E-state index in [-0.39, 0.29) is 5.56 Å². The van der Waals surface area contributed by atoms with Crippen molar-refractivity contribution in [3.63, 3.8) is 0 Å². The van der Waals surface area contributed by atoms with Gasteiger partial charge in [-0.3, -0.25) is 9.36 Å². The average Bonchev–Trinajstić information content (AvgIpc) is 3.08. The summed E-state index contributed by atoms with van der Waals surface area (Å²) < 4.78 is 2.05. The third kappa shape index (κ3) is 2.62. The molecule has 0 radical (unpaired) electrons. The van der Waals surface area contributed by atoms with Crippen LogP contribution in [-0.4, -0.2) is 9.55 Å². The lowest BCUT2D eigenvalue weighted by atomic mass is 9.94. The lowest BCUT2D eigenvalue weighted by molar-refractivity contribution is 0.348. The highest BCUT2D eigenvalue weighted by Gasteiger charge is 2.26. The van der Waals surface area contributed by atoms with Crippen molar-refractivity contribution in [1.29, 1.82) is 0 Å². The number of hydrogen-bond donors (Lipinski definition) is 0. The minimum atomic E-state index is 0.208. The summed E-state index contributed by atoms with van der Waals surface area (Å²) in [5, 5.41) is 0.926. The minimum absolute atomic E-state index is 0.208. The van der Waals surface area contributed by atoms with Gasteiger partial charge in [-0.2, -0.15) is 0 Å². The molecule has 2 aliphatic carbocycles. The first-order chi connectivity index (χ1) is 12.8. The van der Waals surface area contributed by atoms with Crippen molar-refractivity contribution in [2.24, 2.45) is 0 Å². The molecule has 0 unspecified atom stereocenters. The van der Waals surface area contributed by atoms with Gasteiger partial charge in [-0.25, -0.2) is 4.98 Å². The van der Waals surface area contributed by atoms with Crippen molar-refractivity contribution >= 4 is 21.6 Å². The van der Waals surface area contributed by atoms with E-state index in [1.807, 2.05) is 18.2 Å². The SMILES string of the molecule is O=c1c2c3c(sc2nc(-c2ccccc2)n1C1CCCCC1)CCCC3. The predicted octanol–water partition coefficient (Wildman–Crippen LogP) is 5.51. The normalized spacial score (nSPS) is 18.2. The predicted molar refractivity (Wildman–Crippen MR) is 108 cm³/mol. The Hall–Kier alpha value is -1.94. The van der Waals surface area contributed by atoms with E-state index in [1.165, 1.54) is 42.5 Å². The Balaban J connectivity index is 1.80. The molecule has 26 heavy (non-hydrogen) atoms. The van der Waals surface area contributed by atoms with Crippen LogP contribution in [0.4, 0.5) is 0 Å². The van der Waals surface area contributed by atoms with E-state index in [0.717, 1.165) is 47.3 Å². The molecule has 2 aliphatic rings. The van der Waals surface area contributed by atoms with Crippen LogP contribution in [0, 0.1) is 0 Å². The zero-order valence-electron chi connectivity index (χ0n) is 15.0. The molecule has 0 spiro atoms. The fraction of sp³-hybridized carbons (Fsp3) is 0.455. The van der Waals surface area contributed by atoms with Crippen LogP contribution in [0.15, 0.2) is 35.1 Å². The number of nitrogens with zero attached hydrogens (tertiary/aromatic N) is 2. The average molecular weight is 365 g/mol. The molecule has 0 aliphatic heterocycles. The number of rotatable bonds is 2. The first kappa shape index (κ1) is 16.2. The lowest BCUT2D eigenvalue weighted by Gasteiger charge is -2.26. The maximum absolute atomic E-state index is 13.7. The van der Waals surface area contributed by atoms with Crippen LogP contribution in [0.3, 0.4) is 0 Å². The van der Waals surface area contributed by atoms with E-state index in [9.17, 15) is 4.79 Å². The van der Waals surface area contributed by atoms with E-state index in [1.54, 1.807) is 11.3 Å². The summed E-state index contributed by atoms with van der Waals surface area (Å²) in [5.41, 5.74) is 2.57. The van der Waals surface area contributed by atoms with E-state index in [2.05, 4.69) is 16.7 Å². The molecule has 0 saturated heterocycles. The van der Waals surface area contributed by atoms with Gasteiger partial charge < -0.3 is 0 Å². The van der Waals surface area contributed by atoms with E-state index in [0.29, 0.717) is 6.04 Å². The first-order valence-electron chi connectivity index (χ1n) is 9.95. The molecule has 1 aromatic carbocycles.